The third-order valence-electron chi connectivity index (χ3n) is 6.67. The minimum atomic E-state index is -3.60. The van der Waals surface area contributed by atoms with Gasteiger partial charge in [0, 0.05) is 31.6 Å². The molecule has 1 aliphatic rings. The molecule has 0 aliphatic carbocycles. The van der Waals surface area contributed by atoms with Gasteiger partial charge in [-0.25, -0.2) is 8.42 Å². The van der Waals surface area contributed by atoms with Crippen molar-refractivity contribution in [2.45, 2.75) is 65.0 Å². The molecular weight excluding hydrogens is 506 g/mol. The van der Waals surface area contributed by atoms with Crippen LogP contribution in [-0.2, 0) is 26.0 Å². The summed E-state index contributed by atoms with van der Waals surface area (Å²) in [5.41, 5.74) is 1.53. The molecule has 0 spiro atoms. The van der Waals surface area contributed by atoms with E-state index in [9.17, 15) is 18.0 Å². The summed E-state index contributed by atoms with van der Waals surface area (Å²) in [5.74, 6) is 0.706. The molecule has 0 aromatic heterocycles. The highest BCUT2D eigenvalue weighted by molar-refractivity contribution is 7.92. The SMILES string of the molecule is CC[C@H](C)NC(=O)[C@H](CC)N(CCc1ccccc1)C(=O)CCCN(c1ccc2c(c1)OCO2)S(C)(=O)=O. The van der Waals surface area contributed by atoms with Gasteiger partial charge in [0.1, 0.15) is 6.04 Å². The van der Waals surface area contributed by atoms with Gasteiger partial charge in [0.05, 0.1) is 11.9 Å². The normalized spacial score (nSPS) is 14.0. The van der Waals surface area contributed by atoms with Gasteiger partial charge in [0.25, 0.3) is 0 Å². The average Bonchev–Trinajstić information content (AvgIpc) is 3.36. The van der Waals surface area contributed by atoms with Crippen LogP contribution in [0.5, 0.6) is 11.5 Å². The number of nitrogens with zero attached hydrogens (tertiary/aromatic N) is 2. The molecular formula is C28H39N3O6S. The van der Waals surface area contributed by atoms with Crippen molar-refractivity contribution in [3.63, 3.8) is 0 Å². The zero-order valence-electron chi connectivity index (χ0n) is 22.7. The van der Waals surface area contributed by atoms with Crippen LogP contribution in [0.1, 0.15) is 52.0 Å². The molecule has 38 heavy (non-hydrogen) atoms. The fourth-order valence-corrected chi connectivity index (χ4v) is 5.34. The Kier molecular flexibility index (Phi) is 10.4. The summed E-state index contributed by atoms with van der Waals surface area (Å²) in [4.78, 5) is 28.2. The van der Waals surface area contributed by atoms with Crippen LogP contribution in [0.4, 0.5) is 5.69 Å². The summed E-state index contributed by atoms with van der Waals surface area (Å²) >= 11 is 0. The number of nitrogens with one attached hydrogen (secondary N) is 1. The van der Waals surface area contributed by atoms with Crippen molar-refractivity contribution < 1.29 is 27.5 Å². The molecule has 208 valence electrons. The van der Waals surface area contributed by atoms with Crippen LogP contribution in [-0.4, -0.2) is 63.4 Å². The van der Waals surface area contributed by atoms with Crippen LogP contribution in [0.2, 0.25) is 0 Å². The topological polar surface area (TPSA) is 105 Å². The number of sulfonamides is 1. The molecule has 10 heteroatoms. The smallest absolute Gasteiger partial charge is 0.243 e. The number of anilines is 1. The van der Waals surface area contributed by atoms with Crippen molar-refractivity contribution in [3.05, 3.63) is 54.1 Å². The molecule has 9 nitrogen and oxygen atoms in total. The first-order valence-corrected chi connectivity index (χ1v) is 15.0. The Morgan fingerprint density at radius 1 is 1.00 bits per heavy atom. The molecule has 1 aliphatic heterocycles. The molecule has 1 N–H and O–H groups in total. The summed E-state index contributed by atoms with van der Waals surface area (Å²) in [5, 5.41) is 3.01. The molecule has 0 unspecified atom stereocenters. The molecule has 0 radical (unpaired) electrons. The zero-order chi connectivity index (χ0) is 27.7. The van der Waals surface area contributed by atoms with Gasteiger partial charge in [-0.05, 0) is 50.3 Å². The predicted octanol–water partition coefficient (Wildman–Crippen LogP) is 3.73. The minimum absolute atomic E-state index is 0.00708. The zero-order valence-corrected chi connectivity index (χ0v) is 23.5. The Balaban J connectivity index is 1.72. The molecule has 0 saturated heterocycles. The van der Waals surface area contributed by atoms with Gasteiger partial charge in [-0.2, -0.15) is 0 Å². The summed E-state index contributed by atoms with van der Waals surface area (Å²) in [7, 11) is -3.60. The fraction of sp³-hybridized carbons (Fsp3) is 0.500. The third-order valence-corrected chi connectivity index (χ3v) is 7.86. The summed E-state index contributed by atoms with van der Waals surface area (Å²) < 4.78 is 37.1. The molecule has 0 bridgehead atoms. The maximum atomic E-state index is 13.5. The largest absolute Gasteiger partial charge is 0.454 e. The second-order valence-electron chi connectivity index (χ2n) is 9.54. The van der Waals surface area contributed by atoms with E-state index >= 15 is 0 Å². The quantitative estimate of drug-likeness (QED) is 0.388. The fourth-order valence-electron chi connectivity index (χ4n) is 4.38. The first kappa shape index (κ1) is 29.3. The molecule has 0 fully saturated rings. The van der Waals surface area contributed by atoms with Gasteiger partial charge < -0.3 is 19.7 Å². The van der Waals surface area contributed by atoms with E-state index in [0.29, 0.717) is 43.0 Å². The van der Waals surface area contributed by atoms with E-state index in [1.807, 2.05) is 51.1 Å². The number of fused-ring (bicyclic) bond motifs is 1. The lowest BCUT2D eigenvalue weighted by Crippen LogP contribution is -2.51. The Bertz CT molecular complexity index is 1190. The van der Waals surface area contributed by atoms with Crippen LogP contribution in [0.25, 0.3) is 0 Å². The predicted molar refractivity (Wildman–Crippen MR) is 148 cm³/mol. The van der Waals surface area contributed by atoms with Crippen LogP contribution < -0.4 is 19.1 Å². The molecule has 0 saturated carbocycles. The van der Waals surface area contributed by atoms with Gasteiger partial charge in [-0.3, -0.25) is 13.9 Å². The van der Waals surface area contributed by atoms with Crippen molar-refractivity contribution in [2.24, 2.45) is 0 Å². The van der Waals surface area contributed by atoms with E-state index in [4.69, 9.17) is 9.47 Å². The minimum Gasteiger partial charge on any atom is -0.454 e. The summed E-state index contributed by atoms with van der Waals surface area (Å²) in [6, 6.07) is 14.2. The number of carbonyl (C=O) groups excluding carboxylic acids is 2. The van der Waals surface area contributed by atoms with Gasteiger partial charge in [0.15, 0.2) is 11.5 Å². The number of carbonyl (C=O) groups is 2. The number of amides is 2. The summed E-state index contributed by atoms with van der Waals surface area (Å²) in [6.07, 6.45) is 3.44. The lowest BCUT2D eigenvalue weighted by atomic mass is 10.1. The maximum absolute atomic E-state index is 13.5. The molecule has 2 aromatic rings. The van der Waals surface area contributed by atoms with Crippen molar-refractivity contribution in [3.8, 4) is 11.5 Å². The van der Waals surface area contributed by atoms with Gasteiger partial charge >= 0.3 is 0 Å². The van der Waals surface area contributed by atoms with E-state index < -0.39 is 16.1 Å². The maximum Gasteiger partial charge on any atom is 0.243 e. The standard InChI is InChI=1S/C28H39N3O6S/c1-5-21(3)29-28(33)24(6-2)30(18-16-22-11-8-7-9-12-22)27(32)13-10-17-31(38(4,34)35)23-14-15-25-26(19-23)37-20-36-25/h7-9,11-12,14-15,19,21,24H,5-6,10,13,16-18,20H2,1-4H3,(H,29,33)/t21-,24-/m0/s1. The van der Waals surface area contributed by atoms with E-state index in [1.165, 1.54) is 4.31 Å². The third kappa shape index (κ3) is 7.86. The van der Waals surface area contributed by atoms with Crippen molar-refractivity contribution in [1.29, 1.82) is 0 Å². The number of ether oxygens (including phenoxy) is 2. The lowest BCUT2D eigenvalue weighted by molar-refractivity contribution is -0.141. The van der Waals surface area contributed by atoms with Crippen LogP contribution >= 0.6 is 0 Å². The van der Waals surface area contributed by atoms with Crippen LogP contribution in [0, 0.1) is 0 Å². The first-order chi connectivity index (χ1) is 18.1. The van der Waals surface area contributed by atoms with Gasteiger partial charge in [-0.1, -0.05) is 44.2 Å². The Morgan fingerprint density at radius 3 is 2.37 bits per heavy atom. The molecule has 1 heterocycles. The second kappa shape index (κ2) is 13.5. The number of hydrogen-bond donors (Lipinski definition) is 1. The molecule has 2 aromatic carbocycles. The number of benzene rings is 2. The van der Waals surface area contributed by atoms with Crippen LogP contribution in [0.3, 0.4) is 0 Å². The number of rotatable bonds is 14. The number of hydrogen-bond acceptors (Lipinski definition) is 6. The Hall–Kier alpha value is -3.27. The first-order valence-electron chi connectivity index (χ1n) is 13.1. The molecule has 2 amide bonds. The molecule has 2 atom stereocenters. The summed E-state index contributed by atoms with van der Waals surface area (Å²) in [6.45, 7) is 6.44. The van der Waals surface area contributed by atoms with Gasteiger partial charge in [-0.15, -0.1) is 0 Å². The van der Waals surface area contributed by atoms with Crippen molar-refractivity contribution in [2.75, 3.05) is 30.4 Å². The Morgan fingerprint density at radius 2 is 1.71 bits per heavy atom. The van der Waals surface area contributed by atoms with Crippen molar-refractivity contribution >= 4 is 27.5 Å². The molecule has 3 rings (SSSR count). The average molecular weight is 546 g/mol. The van der Waals surface area contributed by atoms with Gasteiger partial charge in [0.2, 0.25) is 28.6 Å². The lowest BCUT2D eigenvalue weighted by Gasteiger charge is -2.32. The van der Waals surface area contributed by atoms with E-state index in [0.717, 1.165) is 18.2 Å². The highest BCUT2D eigenvalue weighted by atomic mass is 32.2. The highest BCUT2D eigenvalue weighted by Gasteiger charge is 2.29. The van der Waals surface area contributed by atoms with Crippen LogP contribution in [0.15, 0.2) is 48.5 Å². The highest BCUT2D eigenvalue weighted by Crippen LogP contribution is 2.36. The van der Waals surface area contributed by atoms with E-state index in [-0.39, 0.29) is 37.6 Å². The second-order valence-corrected chi connectivity index (χ2v) is 11.4. The van der Waals surface area contributed by atoms with E-state index in [2.05, 4.69) is 5.32 Å². The monoisotopic (exact) mass is 545 g/mol. The van der Waals surface area contributed by atoms with E-state index in [1.54, 1.807) is 23.1 Å². The van der Waals surface area contributed by atoms with Crippen molar-refractivity contribution in [1.82, 2.24) is 10.2 Å². The Labute approximate surface area is 226 Å².